The molecule has 0 aliphatic heterocycles. The van der Waals surface area contributed by atoms with Gasteiger partial charge in [0.1, 0.15) is 5.82 Å². The van der Waals surface area contributed by atoms with Crippen molar-refractivity contribution in [2.24, 2.45) is 7.05 Å². The molecule has 0 atom stereocenters. The van der Waals surface area contributed by atoms with Gasteiger partial charge in [-0.25, -0.2) is 14.5 Å². The van der Waals surface area contributed by atoms with Crippen molar-refractivity contribution in [3.05, 3.63) is 58.7 Å². The molecule has 7 heteroatoms. The van der Waals surface area contributed by atoms with Gasteiger partial charge in [-0.2, -0.15) is 5.10 Å². The van der Waals surface area contributed by atoms with Gasteiger partial charge in [0.15, 0.2) is 11.2 Å². The lowest BCUT2D eigenvalue weighted by Crippen LogP contribution is -2.08. The van der Waals surface area contributed by atoms with E-state index in [2.05, 4.69) is 10.1 Å². The SMILES string of the molecule is Cc1c(-c2cnc3c(c2)oc(=O)n3C)nn(-c2ccccc2)c1N. The van der Waals surface area contributed by atoms with E-state index in [1.165, 1.54) is 4.57 Å². The van der Waals surface area contributed by atoms with Crippen molar-refractivity contribution in [1.82, 2.24) is 19.3 Å². The zero-order chi connectivity index (χ0) is 16.8. The van der Waals surface area contributed by atoms with Crippen molar-refractivity contribution in [1.29, 1.82) is 0 Å². The quantitative estimate of drug-likeness (QED) is 0.611. The number of nitrogens with zero attached hydrogens (tertiary/aromatic N) is 4. The van der Waals surface area contributed by atoms with Gasteiger partial charge in [-0.15, -0.1) is 0 Å². The van der Waals surface area contributed by atoms with Crippen molar-refractivity contribution in [3.63, 3.8) is 0 Å². The fourth-order valence-electron chi connectivity index (χ4n) is 2.69. The first kappa shape index (κ1) is 14.3. The summed E-state index contributed by atoms with van der Waals surface area (Å²) in [5, 5.41) is 4.61. The third-order valence-electron chi connectivity index (χ3n) is 4.06. The molecule has 1 aromatic carbocycles. The van der Waals surface area contributed by atoms with E-state index in [0.717, 1.165) is 16.8 Å². The molecule has 0 aliphatic rings. The Morgan fingerprint density at radius 2 is 1.96 bits per heavy atom. The number of benzene rings is 1. The van der Waals surface area contributed by atoms with Crippen LogP contribution in [0.3, 0.4) is 0 Å². The Balaban J connectivity index is 1.90. The van der Waals surface area contributed by atoms with Crippen LogP contribution >= 0.6 is 0 Å². The Hall–Kier alpha value is -3.35. The summed E-state index contributed by atoms with van der Waals surface area (Å²) in [7, 11) is 1.62. The van der Waals surface area contributed by atoms with Crippen LogP contribution in [0.15, 0.2) is 51.8 Å². The van der Waals surface area contributed by atoms with Crippen molar-refractivity contribution >= 4 is 17.0 Å². The summed E-state index contributed by atoms with van der Waals surface area (Å²) in [6.07, 6.45) is 1.67. The molecular formula is C17H15N5O2. The van der Waals surface area contributed by atoms with E-state index in [4.69, 9.17) is 10.2 Å². The number of fused-ring (bicyclic) bond motifs is 1. The lowest BCUT2D eigenvalue weighted by atomic mass is 10.1. The van der Waals surface area contributed by atoms with Crippen molar-refractivity contribution < 1.29 is 4.42 Å². The average molecular weight is 321 g/mol. The molecule has 4 rings (SSSR count). The number of hydrogen-bond acceptors (Lipinski definition) is 5. The maximum absolute atomic E-state index is 11.6. The monoisotopic (exact) mass is 321 g/mol. The second kappa shape index (κ2) is 5.09. The van der Waals surface area contributed by atoms with Gasteiger partial charge in [0, 0.05) is 24.4 Å². The lowest BCUT2D eigenvalue weighted by molar-refractivity contribution is 0.528. The van der Waals surface area contributed by atoms with Crippen LogP contribution in [0.25, 0.3) is 28.2 Å². The van der Waals surface area contributed by atoms with E-state index in [9.17, 15) is 4.79 Å². The fraction of sp³-hybridized carbons (Fsp3) is 0.118. The minimum Gasteiger partial charge on any atom is -0.406 e. The topological polar surface area (TPSA) is 91.9 Å². The highest BCUT2D eigenvalue weighted by Gasteiger charge is 2.17. The summed E-state index contributed by atoms with van der Waals surface area (Å²) >= 11 is 0. The van der Waals surface area contributed by atoms with E-state index >= 15 is 0 Å². The summed E-state index contributed by atoms with van der Waals surface area (Å²) in [6.45, 7) is 1.91. The number of pyridine rings is 1. The van der Waals surface area contributed by atoms with E-state index in [1.54, 1.807) is 24.0 Å². The number of anilines is 1. The van der Waals surface area contributed by atoms with Gasteiger partial charge in [0.25, 0.3) is 0 Å². The third kappa shape index (κ3) is 2.02. The Morgan fingerprint density at radius 3 is 2.71 bits per heavy atom. The van der Waals surface area contributed by atoms with Gasteiger partial charge >= 0.3 is 5.76 Å². The fourth-order valence-corrected chi connectivity index (χ4v) is 2.69. The zero-order valence-electron chi connectivity index (χ0n) is 13.2. The molecule has 24 heavy (non-hydrogen) atoms. The number of rotatable bonds is 2. The highest BCUT2D eigenvalue weighted by molar-refractivity contribution is 5.77. The minimum absolute atomic E-state index is 0.423. The summed E-state index contributed by atoms with van der Waals surface area (Å²) in [5.74, 6) is 0.117. The smallest absolute Gasteiger partial charge is 0.406 e. The zero-order valence-corrected chi connectivity index (χ0v) is 13.2. The van der Waals surface area contributed by atoms with Gasteiger partial charge < -0.3 is 10.2 Å². The summed E-state index contributed by atoms with van der Waals surface area (Å²) in [5.41, 5.74) is 10.3. The Bertz CT molecular complexity index is 1110. The number of aromatic nitrogens is 4. The molecule has 0 aliphatic carbocycles. The normalized spacial score (nSPS) is 11.2. The Labute approximate surface area is 137 Å². The van der Waals surface area contributed by atoms with Crippen molar-refractivity contribution in [2.45, 2.75) is 6.92 Å². The van der Waals surface area contributed by atoms with E-state index in [1.807, 2.05) is 37.3 Å². The van der Waals surface area contributed by atoms with Crippen LogP contribution in [-0.2, 0) is 7.05 Å². The predicted molar refractivity (Wildman–Crippen MR) is 91.0 cm³/mol. The first-order chi connectivity index (χ1) is 11.6. The highest BCUT2D eigenvalue weighted by Crippen LogP contribution is 2.29. The number of hydrogen-bond donors (Lipinski definition) is 1. The van der Waals surface area contributed by atoms with Gasteiger partial charge in [-0.05, 0) is 25.1 Å². The van der Waals surface area contributed by atoms with Gasteiger partial charge in [-0.3, -0.25) is 4.57 Å². The van der Waals surface area contributed by atoms with Crippen LogP contribution in [0.4, 0.5) is 5.82 Å². The molecule has 0 amide bonds. The molecule has 3 aromatic heterocycles. The molecule has 0 spiro atoms. The van der Waals surface area contributed by atoms with Crippen LogP contribution in [0, 0.1) is 6.92 Å². The van der Waals surface area contributed by atoms with Crippen molar-refractivity contribution in [2.75, 3.05) is 5.73 Å². The first-order valence-electron chi connectivity index (χ1n) is 7.42. The highest BCUT2D eigenvalue weighted by atomic mass is 16.4. The van der Waals surface area contributed by atoms with Gasteiger partial charge in [-0.1, -0.05) is 18.2 Å². The molecule has 2 N–H and O–H groups in total. The van der Waals surface area contributed by atoms with Crippen LogP contribution in [0.5, 0.6) is 0 Å². The number of nitrogens with two attached hydrogens (primary N) is 1. The molecule has 7 nitrogen and oxygen atoms in total. The second-order valence-electron chi connectivity index (χ2n) is 5.58. The maximum atomic E-state index is 11.6. The molecule has 0 radical (unpaired) electrons. The summed E-state index contributed by atoms with van der Waals surface area (Å²) < 4.78 is 8.26. The molecule has 0 unspecified atom stereocenters. The Kier molecular flexibility index (Phi) is 3.02. The minimum atomic E-state index is -0.444. The molecule has 0 saturated heterocycles. The van der Waals surface area contributed by atoms with Crippen LogP contribution in [0.2, 0.25) is 0 Å². The average Bonchev–Trinajstić information content (AvgIpc) is 3.05. The number of oxazole rings is 1. The standard InChI is InChI=1S/C17H15N5O2/c1-10-14(20-22(15(10)18)12-6-4-3-5-7-12)11-8-13-16(19-9-11)21(2)17(23)24-13/h3-9H,18H2,1-2H3. The Morgan fingerprint density at radius 1 is 1.21 bits per heavy atom. The van der Waals surface area contributed by atoms with E-state index in [0.29, 0.717) is 22.7 Å². The summed E-state index contributed by atoms with van der Waals surface area (Å²) in [6, 6.07) is 11.4. The molecular weight excluding hydrogens is 306 g/mol. The first-order valence-corrected chi connectivity index (χ1v) is 7.42. The molecule has 0 bridgehead atoms. The van der Waals surface area contributed by atoms with E-state index < -0.39 is 5.76 Å². The molecule has 120 valence electrons. The second-order valence-corrected chi connectivity index (χ2v) is 5.58. The van der Waals surface area contributed by atoms with Crippen LogP contribution in [-0.4, -0.2) is 19.3 Å². The van der Waals surface area contributed by atoms with Crippen LogP contribution < -0.4 is 11.5 Å². The number of nitrogen functional groups attached to an aromatic ring is 1. The third-order valence-corrected chi connectivity index (χ3v) is 4.06. The maximum Gasteiger partial charge on any atom is 0.420 e. The molecule has 0 saturated carbocycles. The lowest BCUT2D eigenvalue weighted by Gasteiger charge is -2.02. The van der Waals surface area contributed by atoms with Crippen LogP contribution in [0.1, 0.15) is 5.56 Å². The number of para-hydroxylation sites is 1. The molecule has 3 heterocycles. The molecule has 4 aromatic rings. The van der Waals surface area contributed by atoms with E-state index in [-0.39, 0.29) is 0 Å². The number of aryl methyl sites for hydroxylation is 1. The van der Waals surface area contributed by atoms with Gasteiger partial charge in [0.2, 0.25) is 0 Å². The molecule has 0 fully saturated rings. The van der Waals surface area contributed by atoms with Gasteiger partial charge in [0.05, 0.1) is 11.4 Å². The summed E-state index contributed by atoms with van der Waals surface area (Å²) in [4.78, 5) is 15.9. The predicted octanol–water partition coefficient (Wildman–Crippen LogP) is 2.27. The van der Waals surface area contributed by atoms with Crippen molar-refractivity contribution in [3.8, 4) is 16.9 Å². The largest absolute Gasteiger partial charge is 0.420 e.